The zero-order valence-electron chi connectivity index (χ0n) is 15.7. The maximum absolute atomic E-state index is 14.4. The summed E-state index contributed by atoms with van der Waals surface area (Å²) in [6, 6.07) is 6.44. The van der Waals surface area contributed by atoms with Gasteiger partial charge in [0.25, 0.3) is 5.56 Å². The summed E-state index contributed by atoms with van der Waals surface area (Å²) in [4.78, 5) is 27.0. The second kappa shape index (κ2) is 7.92. The highest BCUT2D eigenvalue weighted by Gasteiger charge is 2.35. The van der Waals surface area contributed by atoms with E-state index in [0.29, 0.717) is 30.2 Å². The number of amides is 1. The van der Waals surface area contributed by atoms with Crippen LogP contribution < -0.4 is 15.2 Å². The molecule has 0 aliphatic carbocycles. The second-order valence-electron chi connectivity index (χ2n) is 6.63. The van der Waals surface area contributed by atoms with E-state index in [2.05, 4.69) is 0 Å². The molecule has 0 spiro atoms. The van der Waals surface area contributed by atoms with Crippen molar-refractivity contribution >= 4 is 11.6 Å². The second-order valence-corrected chi connectivity index (χ2v) is 6.63. The van der Waals surface area contributed by atoms with E-state index in [-0.39, 0.29) is 30.3 Å². The summed E-state index contributed by atoms with van der Waals surface area (Å²) in [7, 11) is 3.04. The Balaban J connectivity index is 1.91. The number of carbonyl (C=O) groups is 1. The van der Waals surface area contributed by atoms with Gasteiger partial charge < -0.3 is 18.9 Å². The van der Waals surface area contributed by atoms with E-state index < -0.39 is 5.82 Å². The zero-order chi connectivity index (χ0) is 19.6. The number of anilines is 1. The summed E-state index contributed by atoms with van der Waals surface area (Å²) >= 11 is 0. The van der Waals surface area contributed by atoms with Crippen LogP contribution in [-0.2, 0) is 16.1 Å². The Kier molecular flexibility index (Phi) is 5.60. The molecule has 1 atom stereocenters. The van der Waals surface area contributed by atoms with Crippen LogP contribution in [0.25, 0.3) is 0 Å². The van der Waals surface area contributed by atoms with Gasteiger partial charge in [0.05, 0.1) is 13.7 Å². The molecule has 0 saturated carbocycles. The van der Waals surface area contributed by atoms with Crippen LogP contribution in [-0.4, -0.2) is 37.8 Å². The first kappa shape index (κ1) is 19.1. The van der Waals surface area contributed by atoms with Crippen molar-refractivity contribution < 1.29 is 18.7 Å². The predicted molar refractivity (Wildman–Crippen MR) is 100.0 cm³/mol. The van der Waals surface area contributed by atoms with Gasteiger partial charge in [0, 0.05) is 44.8 Å². The molecular weight excluding hydrogens is 351 g/mol. The van der Waals surface area contributed by atoms with Gasteiger partial charge in [-0.15, -0.1) is 0 Å². The van der Waals surface area contributed by atoms with Gasteiger partial charge in [-0.05, 0) is 30.2 Å². The molecule has 7 heteroatoms. The SMILES string of the molecule is COCCn1ccc(C)c(N2C[C@@H](c3ccc(OC)cc3F)CC2=O)c1=O. The molecule has 1 fully saturated rings. The summed E-state index contributed by atoms with van der Waals surface area (Å²) in [6.45, 7) is 2.87. The minimum atomic E-state index is -0.406. The van der Waals surface area contributed by atoms with E-state index in [1.807, 2.05) is 0 Å². The molecule has 27 heavy (non-hydrogen) atoms. The average Bonchev–Trinajstić information content (AvgIpc) is 3.02. The lowest BCUT2D eigenvalue weighted by atomic mass is 9.97. The largest absolute Gasteiger partial charge is 0.497 e. The Labute approximate surface area is 157 Å². The molecule has 144 valence electrons. The number of ether oxygens (including phenoxy) is 2. The highest BCUT2D eigenvalue weighted by atomic mass is 19.1. The molecule has 3 rings (SSSR count). The first-order valence-corrected chi connectivity index (χ1v) is 8.79. The maximum Gasteiger partial charge on any atom is 0.274 e. The number of nitrogens with zero attached hydrogens (tertiary/aromatic N) is 2. The average molecular weight is 374 g/mol. The van der Waals surface area contributed by atoms with E-state index >= 15 is 0 Å². The molecular formula is C20H23FN2O4. The first-order valence-electron chi connectivity index (χ1n) is 8.79. The van der Waals surface area contributed by atoms with Crippen LogP contribution in [0.1, 0.15) is 23.5 Å². The number of methoxy groups -OCH3 is 2. The Hall–Kier alpha value is -2.67. The van der Waals surface area contributed by atoms with Crippen molar-refractivity contribution in [3.63, 3.8) is 0 Å². The van der Waals surface area contributed by atoms with E-state index in [0.717, 1.165) is 5.56 Å². The normalized spacial score (nSPS) is 16.8. The fourth-order valence-electron chi connectivity index (χ4n) is 3.45. The van der Waals surface area contributed by atoms with Gasteiger partial charge in [-0.2, -0.15) is 0 Å². The van der Waals surface area contributed by atoms with Crippen LogP contribution in [0, 0.1) is 12.7 Å². The Morgan fingerprint density at radius 2 is 2.00 bits per heavy atom. The predicted octanol–water partition coefficient (Wildman–Crippen LogP) is 2.47. The monoisotopic (exact) mass is 374 g/mol. The fraction of sp³-hybridized carbons (Fsp3) is 0.400. The smallest absolute Gasteiger partial charge is 0.274 e. The lowest BCUT2D eigenvalue weighted by molar-refractivity contribution is -0.117. The summed E-state index contributed by atoms with van der Waals surface area (Å²) in [5.74, 6) is -0.469. The van der Waals surface area contributed by atoms with Crippen molar-refractivity contribution in [1.29, 1.82) is 0 Å². The number of hydrogen-bond acceptors (Lipinski definition) is 4. The van der Waals surface area contributed by atoms with Gasteiger partial charge in [-0.25, -0.2) is 4.39 Å². The van der Waals surface area contributed by atoms with E-state index in [4.69, 9.17) is 9.47 Å². The van der Waals surface area contributed by atoms with Crippen LogP contribution in [0.15, 0.2) is 35.3 Å². The Morgan fingerprint density at radius 1 is 1.22 bits per heavy atom. The summed E-state index contributed by atoms with van der Waals surface area (Å²) in [5, 5.41) is 0. The first-order chi connectivity index (χ1) is 13.0. The van der Waals surface area contributed by atoms with Crippen molar-refractivity contribution in [2.45, 2.75) is 25.8 Å². The van der Waals surface area contributed by atoms with E-state index in [1.54, 1.807) is 38.4 Å². The van der Waals surface area contributed by atoms with Crippen molar-refractivity contribution in [2.24, 2.45) is 0 Å². The standard InChI is InChI=1S/C20H23FN2O4/c1-13-6-7-22(8-9-26-2)20(25)19(13)23-12-14(10-18(23)24)16-5-4-15(27-3)11-17(16)21/h4-7,11,14H,8-10,12H2,1-3H3/t14-/m0/s1. The third-order valence-corrected chi connectivity index (χ3v) is 4.92. The van der Waals surface area contributed by atoms with Gasteiger partial charge >= 0.3 is 0 Å². The quantitative estimate of drug-likeness (QED) is 0.779. The zero-order valence-corrected chi connectivity index (χ0v) is 15.7. The fourth-order valence-corrected chi connectivity index (χ4v) is 3.45. The Bertz CT molecular complexity index is 909. The van der Waals surface area contributed by atoms with Crippen LogP contribution in [0.2, 0.25) is 0 Å². The van der Waals surface area contributed by atoms with Crippen LogP contribution in [0.5, 0.6) is 5.75 Å². The minimum absolute atomic E-state index is 0.162. The van der Waals surface area contributed by atoms with Crippen molar-refractivity contribution in [3.05, 3.63) is 57.8 Å². The minimum Gasteiger partial charge on any atom is -0.497 e. The van der Waals surface area contributed by atoms with Crippen LogP contribution in [0.3, 0.4) is 0 Å². The number of benzene rings is 1. The van der Waals surface area contributed by atoms with Crippen LogP contribution in [0.4, 0.5) is 10.1 Å². The van der Waals surface area contributed by atoms with Gasteiger partial charge in [0.2, 0.25) is 5.91 Å². The molecule has 1 saturated heterocycles. The van der Waals surface area contributed by atoms with E-state index in [9.17, 15) is 14.0 Å². The molecule has 0 N–H and O–H groups in total. The molecule has 2 heterocycles. The molecule has 1 amide bonds. The van der Waals surface area contributed by atoms with Gasteiger partial charge in [-0.3, -0.25) is 9.59 Å². The summed E-state index contributed by atoms with van der Waals surface area (Å²) in [5.41, 5.74) is 1.30. The van der Waals surface area contributed by atoms with Gasteiger partial charge in [-0.1, -0.05) is 6.07 Å². The van der Waals surface area contributed by atoms with Crippen LogP contribution >= 0.6 is 0 Å². The highest BCUT2D eigenvalue weighted by Crippen LogP contribution is 2.34. The van der Waals surface area contributed by atoms with Crippen molar-refractivity contribution in [2.75, 3.05) is 32.3 Å². The third-order valence-electron chi connectivity index (χ3n) is 4.92. The molecule has 1 aliphatic rings. The number of hydrogen-bond donors (Lipinski definition) is 0. The number of carbonyl (C=O) groups excluding carboxylic acids is 1. The third kappa shape index (κ3) is 3.73. The van der Waals surface area contributed by atoms with Gasteiger partial charge in [0.15, 0.2) is 0 Å². The molecule has 0 unspecified atom stereocenters. The highest BCUT2D eigenvalue weighted by molar-refractivity contribution is 5.97. The van der Waals surface area contributed by atoms with Crippen molar-refractivity contribution in [3.8, 4) is 5.75 Å². The number of rotatable bonds is 6. The number of aryl methyl sites for hydroxylation is 1. The van der Waals surface area contributed by atoms with Gasteiger partial charge in [0.1, 0.15) is 17.3 Å². The molecule has 0 bridgehead atoms. The molecule has 6 nitrogen and oxygen atoms in total. The molecule has 2 aromatic rings. The molecule has 1 aliphatic heterocycles. The van der Waals surface area contributed by atoms with Crippen molar-refractivity contribution in [1.82, 2.24) is 4.57 Å². The maximum atomic E-state index is 14.4. The summed E-state index contributed by atoms with van der Waals surface area (Å²) < 4.78 is 26.0. The lowest BCUT2D eigenvalue weighted by Gasteiger charge is -2.20. The number of halogens is 1. The lowest BCUT2D eigenvalue weighted by Crippen LogP contribution is -2.34. The Morgan fingerprint density at radius 3 is 2.67 bits per heavy atom. The molecule has 0 radical (unpaired) electrons. The molecule has 1 aromatic heterocycles. The summed E-state index contributed by atoms with van der Waals surface area (Å²) in [6.07, 6.45) is 1.86. The molecule has 1 aromatic carbocycles. The van der Waals surface area contributed by atoms with E-state index in [1.165, 1.54) is 22.6 Å². The number of pyridine rings is 1. The number of aromatic nitrogens is 1. The topological polar surface area (TPSA) is 60.8 Å².